The van der Waals surface area contributed by atoms with Gasteiger partial charge in [-0.15, -0.1) is 0 Å². The van der Waals surface area contributed by atoms with Crippen LogP contribution in [-0.4, -0.2) is 27.2 Å². The standard InChI is InChI=1S/C25H27N3O4/c1-25(2,3)32-24(30)28-14-22(26-16-28)18-8-12-21(13-9-18)31-15-17-4-10-20(11-5-17)27-23(29)19-6-7-19/h4-5,8-14,16,19H,6-7,15H2,1-3H3,(H,27,29). The number of aromatic nitrogens is 2. The van der Waals surface area contributed by atoms with Gasteiger partial charge in [0.2, 0.25) is 5.91 Å². The number of hydrogen-bond acceptors (Lipinski definition) is 5. The van der Waals surface area contributed by atoms with Gasteiger partial charge in [-0.2, -0.15) is 0 Å². The summed E-state index contributed by atoms with van der Waals surface area (Å²) in [4.78, 5) is 28.3. The Labute approximate surface area is 187 Å². The van der Waals surface area contributed by atoms with E-state index in [1.165, 1.54) is 10.9 Å². The summed E-state index contributed by atoms with van der Waals surface area (Å²) in [7, 11) is 0. The first-order valence-corrected chi connectivity index (χ1v) is 10.7. The molecule has 1 aliphatic rings. The van der Waals surface area contributed by atoms with Gasteiger partial charge in [0.25, 0.3) is 0 Å². The van der Waals surface area contributed by atoms with E-state index in [-0.39, 0.29) is 11.8 Å². The highest BCUT2D eigenvalue weighted by molar-refractivity contribution is 5.94. The van der Waals surface area contributed by atoms with Gasteiger partial charge in [-0.25, -0.2) is 14.3 Å². The van der Waals surface area contributed by atoms with Gasteiger partial charge in [-0.1, -0.05) is 12.1 Å². The van der Waals surface area contributed by atoms with E-state index in [1.54, 1.807) is 6.20 Å². The van der Waals surface area contributed by atoms with Crippen LogP contribution in [0.15, 0.2) is 61.1 Å². The predicted octanol–water partition coefficient (Wildman–Crippen LogP) is 5.26. The van der Waals surface area contributed by atoms with Crippen LogP contribution in [0, 0.1) is 5.92 Å². The van der Waals surface area contributed by atoms with Crippen molar-refractivity contribution >= 4 is 17.7 Å². The molecule has 1 aliphatic carbocycles. The highest BCUT2D eigenvalue weighted by Crippen LogP contribution is 2.30. The first-order chi connectivity index (χ1) is 15.3. The van der Waals surface area contributed by atoms with E-state index in [1.807, 2.05) is 69.3 Å². The summed E-state index contributed by atoms with van der Waals surface area (Å²) in [6.45, 7) is 5.89. The monoisotopic (exact) mass is 433 g/mol. The number of anilines is 1. The maximum absolute atomic E-state index is 12.1. The van der Waals surface area contributed by atoms with Crippen molar-refractivity contribution in [2.45, 2.75) is 45.8 Å². The van der Waals surface area contributed by atoms with Gasteiger partial charge in [0.15, 0.2) is 0 Å². The molecule has 166 valence electrons. The first-order valence-electron chi connectivity index (χ1n) is 10.7. The van der Waals surface area contributed by atoms with Crippen molar-refractivity contribution in [3.05, 3.63) is 66.6 Å². The maximum atomic E-state index is 12.1. The van der Waals surface area contributed by atoms with E-state index >= 15 is 0 Å². The van der Waals surface area contributed by atoms with Gasteiger partial charge in [-0.05, 0) is 75.6 Å². The molecule has 0 saturated heterocycles. The van der Waals surface area contributed by atoms with Gasteiger partial charge < -0.3 is 14.8 Å². The molecular formula is C25H27N3O4. The zero-order valence-electron chi connectivity index (χ0n) is 18.5. The molecule has 1 saturated carbocycles. The van der Waals surface area contributed by atoms with Crippen LogP contribution in [0.2, 0.25) is 0 Å². The highest BCUT2D eigenvalue weighted by Gasteiger charge is 2.29. The third-order valence-corrected chi connectivity index (χ3v) is 4.91. The number of amides is 1. The number of hydrogen-bond donors (Lipinski definition) is 1. The average molecular weight is 434 g/mol. The Bertz CT molecular complexity index is 1090. The Morgan fingerprint density at radius 3 is 2.38 bits per heavy atom. The van der Waals surface area contributed by atoms with E-state index in [2.05, 4.69) is 10.3 Å². The zero-order valence-corrected chi connectivity index (χ0v) is 18.5. The molecule has 1 heterocycles. The van der Waals surface area contributed by atoms with Crippen molar-refractivity contribution in [1.29, 1.82) is 0 Å². The van der Waals surface area contributed by atoms with Crippen molar-refractivity contribution < 1.29 is 19.1 Å². The quantitative estimate of drug-likeness (QED) is 0.573. The predicted molar refractivity (Wildman–Crippen MR) is 121 cm³/mol. The molecule has 1 N–H and O–H groups in total. The Morgan fingerprint density at radius 1 is 1.06 bits per heavy atom. The first kappa shape index (κ1) is 21.6. The molecule has 7 heteroatoms. The molecule has 4 rings (SSSR count). The van der Waals surface area contributed by atoms with Crippen LogP contribution in [0.25, 0.3) is 11.3 Å². The second kappa shape index (κ2) is 8.86. The summed E-state index contributed by atoms with van der Waals surface area (Å²) < 4.78 is 12.5. The molecule has 0 bridgehead atoms. The van der Waals surface area contributed by atoms with E-state index in [4.69, 9.17) is 9.47 Å². The van der Waals surface area contributed by atoms with E-state index in [0.29, 0.717) is 12.3 Å². The molecule has 0 aliphatic heterocycles. The molecular weight excluding hydrogens is 406 g/mol. The normalized spacial score (nSPS) is 13.5. The molecule has 1 fully saturated rings. The number of ether oxygens (including phenoxy) is 2. The molecule has 7 nitrogen and oxygen atoms in total. The fourth-order valence-corrected chi connectivity index (χ4v) is 3.05. The summed E-state index contributed by atoms with van der Waals surface area (Å²) in [5, 5.41) is 2.93. The van der Waals surface area contributed by atoms with Crippen LogP contribution >= 0.6 is 0 Å². The third kappa shape index (κ3) is 5.75. The van der Waals surface area contributed by atoms with Crippen molar-refractivity contribution in [1.82, 2.24) is 9.55 Å². The van der Waals surface area contributed by atoms with Crippen LogP contribution in [-0.2, 0) is 16.1 Å². The van der Waals surface area contributed by atoms with Gasteiger partial charge >= 0.3 is 6.09 Å². The van der Waals surface area contributed by atoms with E-state index in [0.717, 1.165) is 35.4 Å². The minimum absolute atomic E-state index is 0.102. The Balaban J connectivity index is 1.31. The molecule has 0 unspecified atom stereocenters. The minimum atomic E-state index is -0.564. The lowest BCUT2D eigenvalue weighted by Crippen LogP contribution is -2.26. The number of nitrogens with one attached hydrogen (secondary N) is 1. The topological polar surface area (TPSA) is 82.5 Å². The summed E-state index contributed by atoms with van der Waals surface area (Å²) in [5.74, 6) is 1.02. The molecule has 32 heavy (non-hydrogen) atoms. The summed E-state index contributed by atoms with van der Waals surface area (Å²) in [6, 6.07) is 15.2. The SMILES string of the molecule is CC(C)(C)OC(=O)n1cnc(-c2ccc(OCc3ccc(NC(=O)C4CC4)cc3)cc2)c1. The third-order valence-electron chi connectivity index (χ3n) is 4.91. The Kier molecular flexibility index (Phi) is 5.99. The van der Waals surface area contributed by atoms with Crippen LogP contribution in [0.3, 0.4) is 0 Å². The van der Waals surface area contributed by atoms with Crippen molar-refractivity contribution in [3.63, 3.8) is 0 Å². The van der Waals surface area contributed by atoms with Crippen molar-refractivity contribution in [2.75, 3.05) is 5.32 Å². The fraction of sp³-hybridized carbons (Fsp3) is 0.320. The number of imidazole rings is 1. The number of carbonyl (C=O) groups is 2. The lowest BCUT2D eigenvalue weighted by Gasteiger charge is -2.19. The summed E-state index contributed by atoms with van der Waals surface area (Å²) in [5.41, 5.74) is 2.79. The van der Waals surface area contributed by atoms with Gasteiger partial charge in [0.05, 0.1) is 5.69 Å². The summed E-state index contributed by atoms with van der Waals surface area (Å²) in [6.07, 6.45) is 4.61. The molecule has 3 aromatic rings. The second-order valence-electron chi connectivity index (χ2n) is 8.92. The maximum Gasteiger partial charge on any atom is 0.419 e. The summed E-state index contributed by atoms with van der Waals surface area (Å²) >= 11 is 0. The number of nitrogens with zero attached hydrogens (tertiary/aromatic N) is 2. The lowest BCUT2D eigenvalue weighted by atomic mass is 10.1. The minimum Gasteiger partial charge on any atom is -0.489 e. The fourth-order valence-electron chi connectivity index (χ4n) is 3.05. The van der Waals surface area contributed by atoms with Crippen LogP contribution in [0.5, 0.6) is 5.75 Å². The molecule has 0 spiro atoms. The zero-order chi connectivity index (χ0) is 22.7. The van der Waals surface area contributed by atoms with E-state index < -0.39 is 11.7 Å². The number of rotatable bonds is 6. The molecule has 1 amide bonds. The second-order valence-corrected chi connectivity index (χ2v) is 8.92. The van der Waals surface area contributed by atoms with Gasteiger partial charge in [0, 0.05) is 23.4 Å². The van der Waals surface area contributed by atoms with Gasteiger partial charge in [-0.3, -0.25) is 4.79 Å². The van der Waals surface area contributed by atoms with Crippen molar-refractivity contribution in [3.8, 4) is 17.0 Å². The van der Waals surface area contributed by atoms with Gasteiger partial charge in [0.1, 0.15) is 24.3 Å². The lowest BCUT2D eigenvalue weighted by molar-refractivity contribution is -0.117. The molecule has 2 aromatic carbocycles. The number of benzene rings is 2. The van der Waals surface area contributed by atoms with Crippen LogP contribution in [0.1, 0.15) is 39.2 Å². The van der Waals surface area contributed by atoms with Crippen LogP contribution in [0.4, 0.5) is 10.5 Å². The number of carbonyl (C=O) groups excluding carboxylic acids is 2. The average Bonchev–Trinajstić information content (AvgIpc) is 3.49. The van der Waals surface area contributed by atoms with Crippen LogP contribution < -0.4 is 10.1 Å². The smallest absolute Gasteiger partial charge is 0.419 e. The Hall–Kier alpha value is -3.61. The molecule has 0 atom stereocenters. The highest BCUT2D eigenvalue weighted by atomic mass is 16.6. The molecule has 0 radical (unpaired) electrons. The van der Waals surface area contributed by atoms with E-state index in [9.17, 15) is 9.59 Å². The Morgan fingerprint density at radius 2 is 1.75 bits per heavy atom. The van der Waals surface area contributed by atoms with Crippen molar-refractivity contribution in [2.24, 2.45) is 5.92 Å². The molecule has 1 aromatic heterocycles. The largest absolute Gasteiger partial charge is 0.489 e.